The maximum absolute atomic E-state index is 12.7. The van der Waals surface area contributed by atoms with Crippen molar-refractivity contribution in [2.45, 2.75) is 86.0 Å². The number of aromatic amines is 1. The highest BCUT2D eigenvalue weighted by Gasteiger charge is 2.43. The second-order valence-corrected chi connectivity index (χ2v) is 16.0. The number of nitrogens with one attached hydrogen (secondary N) is 6. The van der Waals surface area contributed by atoms with Gasteiger partial charge in [-0.3, -0.25) is 9.59 Å². The third-order valence-corrected chi connectivity index (χ3v) is 13.3. The fourth-order valence-electron chi connectivity index (χ4n) is 6.78. The van der Waals surface area contributed by atoms with E-state index in [0.717, 1.165) is 76.5 Å². The van der Waals surface area contributed by atoms with Crippen molar-refractivity contribution in [2.24, 2.45) is 4.99 Å². The van der Waals surface area contributed by atoms with E-state index >= 15 is 0 Å². The first-order valence-corrected chi connectivity index (χ1v) is 18.9. The summed E-state index contributed by atoms with van der Waals surface area (Å²) in [5.41, 5.74) is 2.68. The summed E-state index contributed by atoms with van der Waals surface area (Å²) < 4.78 is 0.995. The van der Waals surface area contributed by atoms with Crippen LogP contribution in [0.4, 0.5) is 15.3 Å². The first-order chi connectivity index (χ1) is 22.4. The molecule has 0 radical (unpaired) electrons. The number of anilines is 1. The SMILES string of the molecule is O=C(CCCC[C@@H]1SC[C@@H]2NC(=O)N[C@@H]21)N=c1ccc2[nH+]c3ccc(NC(=O)CCCC[C@@H]4SC[C@@H]5NC(=O)N[C@@H]54)cc3sc-2c1. The van der Waals surface area contributed by atoms with Gasteiger partial charge in [-0.1, -0.05) is 12.8 Å². The van der Waals surface area contributed by atoms with Gasteiger partial charge in [0.2, 0.25) is 23.0 Å². The number of unbranched alkanes of at least 4 members (excludes halogenated alkanes) is 2. The molecule has 0 spiro atoms. The van der Waals surface area contributed by atoms with Gasteiger partial charge in [-0.25, -0.2) is 19.6 Å². The molecule has 0 saturated carbocycles. The number of hydrogen-bond acceptors (Lipinski definition) is 7. The van der Waals surface area contributed by atoms with Gasteiger partial charge < -0.3 is 26.6 Å². The lowest BCUT2D eigenvalue weighted by atomic mass is 10.0. The Labute approximate surface area is 279 Å². The minimum absolute atomic E-state index is 0.00462. The number of thioether (sulfide) groups is 2. The van der Waals surface area contributed by atoms with Crippen molar-refractivity contribution in [3.05, 3.63) is 41.8 Å². The number of amides is 6. The smallest absolute Gasteiger partial charge is 0.315 e. The molecule has 14 heteroatoms. The molecule has 5 heterocycles. The van der Waals surface area contributed by atoms with Gasteiger partial charge in [-0.05, 0) is 49.9 Å². The summed E-state index contributed by atoms with van der Waals surface area (Å²) in [6.45, 7) is 0. The molecule has 4 saturated heterocycles. The van der Waals surface area contributed by atoms with Crippen LogP contribution in [-0.2, 0) is 9.59 Å². The highest BCUT2D eigenvalue weighted by molar-refractivity contribution is 8.00. The Kier molecular flexibility index (Phi) is 9.36. The number of carbonyl (C=O) groups is 4. The molecule has 1 aromatic carbocycles. The Morgan fingerprint density at radius 2 is 1.50 bits per heavy atom. The number of rotatable bonds is 11. The third kappa shape index (κ3) is 7.13. The molecule has 0 unspecified atom stereocenters. The van der Waals surface area contributed by atoms with E-state index in [4.69, 9.17) is 0 Å². The fourth-order valence-corrected chi connectivity index (χ4v) is 10.9. The van der Waals surface area contributed by atoms with Crippen LogP contribution in [0.25, 0.3) is 20.8 Å². The van der Waals surface area contributed by atoms with Gasteiger partial charge >= 0.3 is 12.1 Å². The quantitative estimate of drug-likeness (QED) is 0.118. The van der Waals surface area contributed by atoms with Gasteiger partial charge in [0.15, 0.2) is 0 Å². The first kappa shape index (κ1) is 31.3. The van der Waals surface area contributed by atoms with Crippen molar-refractivity contribution in [1.29, 1.82) is 0 Å². The van der Waals surface area contributed by atoms with Crippen LogP contribution in [0.1, 0.15) is 51.4 Å². The van der Waals surface area contributed by atoms with Gasteiger partial charge in [0.05, 0.1) is 29.5 Å². The summed E-state index contributed by atoms with van der Waals surface area (Å²) in [6, 6.07) is 12.3. The summed E-state index contributed by atoms with van der Waals surface area (Å²) >= 11 is 5.38. The second kappa shape index (κ2) is 13.8. The number of hydrogen-bond donors (Lipinski definition) is 5. The molecule has 6 atom stereocenters. The number of carbonyl (C=O) groups excluding carboxylic acids is 4. The molecule has 4 fully saturated rings. The van der Waals surface area contributed by atoms with Crippen molar-refractivity contribution in [3.8, 4) is 10.6 Å². The average molecular weight is 681 g/mol. The zero-order valence-corrected chi connectivity index (χ0v) is 27.8. The molecule has 5 aliphatic heterocycles. The first-order valence-electron chi connectivity index (χ1n) is 16.0. The molecule has 7 rings (SSSR count). The highest BCUT2D eigenvalue weighted by Crippen LogP contribution is 2.34. The van der Waals surface area contributed by atoms with Crippen LogP contribution >= 0.6 is 34.9 Å². The van der Waals surface area contributed by atoms with E-state index in [9.17, 15) is 19.2 Å². The van der Waals surface area contributed by atoms with Gasteiger partial charge in [0.25, 0.3) is 0 Å². The highest BCUT2D eigenvalue weighted by atomic mass is 32.2. The Bertz CT molecular complexity index is 1700. The zero-order chi connectivity index (χ0) is 31.6. The predicted molar refractivity (Wildman–Crippen MR) is 182 cm³/mol. The molecule has 46 heavy (non-hydrogen) atoms. The van der Waals surface area contributed by atoms with Crippen molar-refractivity contribution < 1.29 is 24.2 Å². The van der Waals surface area contributed by atoms with Crippen molar-refractivity contribution in [3.63, 3.8) is 0 Å². The van der Waals surface area contributed by atoms with E-state index < -0.39 is 0 Å². The van der Waals surface area contributed by atoms with Crippen LogP contribution in [0.15, 0.2) is 41.4 Å². The normalized spacial score (nSPS) is 26.8. The molecule has 1 aromatic rings. The number of aromatic nitrogens is 1. The Balaban J connectivity index is 0.898. The Hall–Kier alpha value is -3.36. The maximum Gasteiger partial charge on any atom is 0.315 e. The number of fused-ring (bicyclic) bond motifs is 4. The average Bonchev–Trinajstić information content (AvgIpc) is 3.78. The van der Waals surface area contributed by atoms with E-state index in [2.05, 4.69) is 36.6 Å². The molecule has 6 amide bonds. The molecule has 0 bridgehead atoms. The number of urea groups is 2. The standard InChI is InChI=1S/C32H37N7O4S3/c40-27(7-3-1-5-23-29-21(15-44-23)36-31(42)38-29)33-17-9-11-19-25(13-17)46-26-14-18(10-12-20(26)35-19)34-28(41)8-4-2-6-24-30-22(16-45-24)37-32(43)39-30/h9-14,21-24,29-30H,1-8,15-16H2,(H,33,40)(H2,36,38,42)(H2,37,39,43)/p+1/t21-,22-,23-,24-,29-,30-/m0/s1. The topological polar surface area (TPSA) is 155 Å². The van der Waals surface area contributed by atoms with Gasteiger partial charge in [0.1, 0.15) is 9.58 Å². The van der Waals surface area contributed by atoms with E-state index in [1.807, 2.05) is 59.9 Å². The summed E-state index contributed by atoms with van der Waals surface area (Å²) in [6.07, 6.45) is 6.28. The lowest BCUT2D eigenvalue weighted by Gasteiger charge is -2.16. The lowest BCUT2D eigenvalue weighted by molar-refractivity contribution is -0.330. The van der Waals surface area contributed by atoms with E-state index in [1.165, 1.54) is 0 Å². The van der Waals surface area contributed by atoms with E-state index in [1.54, 1.807) is 11.3 Å². The predicted octanol–water partition coefficient (Wildman–Crippen LogP) is 3.64. The Morgan fingerprint density at radius 3 is 2.20 bits per heavy atom. The molecule has 242 valence electrons. The monoisotopic (exact) mass is 680 g/mol. The van der Waals surface area contributed by atoms with Crippen LogP contribution in [-0.4, -0.2) is 70.0 Å². The molecule has 1 aliphatic carbocycles. The van der Waals surface area contributed by atoms with Crippen LogP contribution in [0.2, 0.25) is 0 Å². The largest absolute Gasteiger partial charge is 0.332 e. The number of H-pyrrole nitrogens is 1. The molecular weight excluding hydrogens is 643 g/mol. The third-order valence-electron chi connectivity index (χ3n) is 9.12. The van der Waals surface area contributed by atoms with Crippen molar-refractivity contribution in [2.75, 3.05) is 16.8 Å². The van der Waals surface area contributed by atoms with Crippen molar-refractivity contribution >= 4 is 74.6 Å². The van der Waals surface area contributed by atoms with Gasteiger partial charge in [0, 0.05) is 52.7 Å². The minimum atomic E-state index is -0.125. The van der Waals surface area contributed by atoms with Gasteiger partial charge in [-0.15, -0.1) is 11.3 Å². The minimum Gasteiger partial charge on any atom is -0.332 e. The van der Waals surface area contributed by atoms with Crippen molar-refractivity contribution in [1.82, 2.24) is 21.3 Å². The van der Waals surface area contributed by atoms with Crippen LogP contribution < -0.4 is 36.9 Å². The van der Waals surface area contributed by atoms with Crippen LogP contribution in [0.3, 0.4) is 0 Å². The summed E-state index contributed by atoms with van der Waals surface area (Å²) in [4.78, 5) is 57.3. The van der Waals surface area contributed by atoms with Gasteiger partial charge in [-0.2, -0.15) is 23.5 Å². The van der Waals surface area contributed by atoms with E-state index in [-0.39, 0.29) is 48.0 Å². The molecule has 6 aliphatic rings. The number of benzene rings is 2. The fraction of sp³-hybridized carbons (Fsp3) is 0.500. The molecule has 0 aromatic heterocycles. The maximum atomic E-state index is 12.7. The lowest BCUT2D eigenvalue weighted by Crippen LogP contribution is -2.36. The number of nitrogens with zero attached hydrogens (tertiary/aromatic N) is 1. The summed E-state index contributed by atoms with van der Waals surface area (Å²) in [5.74, 6) is 1.76. The van der Waals surface area contributed by atoms with Crippen LogP contribution in [0.5, 0.6) is 0 Å². The zero-order valence-electron chi connectivity index (χ0n) is 25.3. The molecular formula is C32H38N7O4S3+. The summed E-state index contributed by atoms with van der Waals surface area (Å²) in [7, 11) is 0. The van der Waals surface area contributed by atoms with E-state index in [0.29, 0.717) is 28.7 Å². The molecule has 6 N–H and O–H groups in total. The van der Waals surface area contributed by atoms with Crippen LogP contribution in [0, 0.1) is 0 Å². The Morgan fingerprint density at radius 1 is 0.826 bits per heavy atom. The summed E-state index contributed by atoms with van der Waals surface area (Å²) in [5, 5.41) is 16.5. The second-order valence-electron chi connectivity index (χ2n) is 12.4. The molecule has 11 nitrogen and oxygen atoms in total.